The Morgan fingerprint density at radius 1 is 1.37 bits per heavy atom. The molecule has 2 aromatic rings. The van der Waals surface area contributed by atoms with Gasteiger partial charge in [0.15, 0.2) is 0 Å². The Balaban J connectivity index is 1.91. The minimum atomic E-state index is 0.383. The topological polar surface area (TPSA) is 55.0 Å². The zero-order chi connectivity index (χ0) is 13.5. The molecule has 0 radical (unpaired) electrons. The van der Waals surface area contributed by atoms with Crippen molar-refractivity contribution in [1.82, 2.24) is 9.97 Å². The maximum atomic E-state index is 5.83. The van der Waals surface area contributed by atoms with E-state index in [0.717, 1.165) is 29.1 Å². The van der Waals surface area contributed by atoms with E-state index in [4.69, 9.17) is 5.73 Å². The zero-order valence-corrected chi connectivity index (χ0v) is 12.3. The van der Waals surface area contributed by atoms with Crippen molar-refractivity contribution in [2.45, 2.75) is 33.1 Å². The van der Waals surface area contributed by atoms with Gasteiger partial charge in [-0.1, -0.05) is 20.3 Å². The second-order valence-electron chi connectivity index (χ2n) is 5.70. The molecular formula is C14H20N4S. The molecule has 19 heavy (non-hydrogen) atoms. The maximum absolute atomic E-state index is 5.83. The van der Waals surface area contributed by atoms with Crippen molar-refractivity contribution in [3.63, 3.8) is 0 Å². The second-order valence-corrected chi connectivity index (χ2v) is 6.59. The first-order valence-corrected chi connectivity index (χ1v) is 7.75. The van der Waals surface area contributed by atoms with Gasteiger partial charge in [0.25, 0.3) is 0 Å². The van der Waals surface area contributed by atoms with Gasteiger partial charge in [0.05, 0.1) is 5.39 Å². The normalized spacial score (nSPS) is 18.9. The van der Waals surface area contributed by atoms with Crippen molar-refractivity contribution in [3.05, 3.63) is 11.4 Å². The average molecular weight is 276 g/mol. The van der Waals surface area contributed by atoms with Gasteiger partial charge < -0.3 is 10.6 Å². The molecule has 2 N–H and O–H groups in total. The minimum Gasteiger partial charge on any atom is -0.368 e. The lowest BCUT2D eigenvalue weighted by Crippen LogP contribution is -2.39. The number of anilines is 2. The summed E-state index contributed by atoms with van der Waals surface area (Å²) in [6, 6.07) is 2.10. The van der Waals surface area contributed by atoms with E-state index < -0.39 is 0 Å². The van der Waals surface area contributed by atoms with Crippen molar-refractivity contribution in [2.24, 2.45) is 5.41 Å². The van der Waals surface area contributed by atoms with Crippen LogP contribution in [0.4, 0.5) is 11.8 Å². The molecule has 0 bridgehead atoms. The van der Waals surface area contributed by atoms with Crippen LogP contribution in [0.5, 0.6) is 0 Å². The van der Waals surface area contributed by atoms with Gasteiger partial charge in [-0.25, -0.2) is 4.98 Å². The van der Waals surface area contributed by atoms with Crippen LogP contribution in [0.15, 0.2) is 11.4 Å². The lowest BCUT2D eigenvalue weighted by molar-refractivity contribution is 0.238. The van der Waals surface area contributed by atoms with Gasteiger partial charge in [0, 0.05) is 13.1 Å². The van der Waals surface area contributed by atoms with Crippen molar-refractivity contribution in [3.8, 4) is 0 Å². The summed E-state index contributed by atoms with van der Waals surface area (Å²) in [7, 11) is 0. The number of aromatic nitrogens is 2. The van der Waals surface area contributed by atoms with Crippen LogP contribution in [-0.2, 0) is 0 Å². The van der Waals surface area contributed by atoms with Crippen LogP contribution in [0.25, 0.3) is 10.2 Å². The van der Waals surface area contributed by atoms with Crippen LogP contribution in [0.2, 0.25) is 0 Å². The number of hydrogen-bond donors (Lipinski definition) is 1. The Morgan fingerprint density at radius 2 is 2.11 bits per heavy atom. The summed E-state index contributed by atoms with van der Waals surface area (Å²) in [5.41, 5.74) is 6.32. The van der Waals surface area contributed by atoms with E-state index in [1.807, 2.05) is 0 Å². The fourth-order valence-corrected chi connectivity index (χ4v) is 3.47. The number of thiophene rings is 1. The van der Waals surface area contributed by atoms with Gasteiger partial charge in [-0.15, -0.1) is 11.3 Å². The Bertz CT molecular complexity index is 584. The van der Waals surface area contributed by atoms with Crippen LogP contribution in [0.3, 0.4) is 0 Å². The minimum absolute atomic E-state index is 0.383. The molecule has 1 fully saturated rings. The standard InChI is InChI=1S/C14H20N4S/c1-3-14(2)5-7-18(8-6-14)11-10-4-9-19-12(10)17-13(15)16-11/h4,9H,3,5-8H2,1-2H3,(H2,15,16,17). The number of rotatable bonds is 2. The molecule has 0 atom stereocenters. The summed E-state index contributed by atoms with van der Waals surface area (Å²) in [5, 5.41) is 3.20. The quantitative estimate of drug-likeness (QED) is 0.914. The molecule has 3 heterocycles. The van der Waals surface area contributed by atoms with E-state index in [0.29, 0.717) is 11.4 Å². The second kappa shape index (κ2) is 4.63. The molecule has 1 aliphatic rings. The van der Waals surface area contributed by atoms with E-state index in [9.17, 15) is 0 Å². The highest BCUT2D eigenvalue weighted by Gasteiger charge is 2.29. The van der Waals surface area contributed by atoms with Crippen molar-refractivity contribution >= 4 is 33.3 Å². The van der Waals surface area contributed by atoms with Gasteiger partial charge in [-0.3, -0.25) is 0 Å². The number of hydrogen-bond acceptors (Lipinski definition) is 5. The molecule has 3 rings (SSSR count). The van der Waals surface area contributed by atoms with E-state index in [1.165, 1.54) is 19.3 Å². The molecule has 0 spiro atoms. The summed E-state index contributed by atoms with van der Waals surface area (Å²) in [6.07, 6.45) is 3.69. The molecule has 0 unspecified atom stereocenters. The van der Waals surface area contributed by atoms with Gasteiger partial charge in [-0.2, -0.15) is 4.98 Å². The van der Waals surface area contributed by atoms with Crippen LogP contribution >= 0.6 is 11.3 Å². The summed E-state index contributed by atoms with van der Waals surface area (Å²) in [6.45, 7) is 6.80. The summed E-state index contributed by atoms with van der Waals surface area (Å²) < 4.78 is 0. The Hall–Kier alpha value is -1.36. The largest absolute Gasteiger partial charge is 0.368 e. The highest BCUT2D eigenvalue weighted by molar-refractivity contribution is 7.16. The first kappa shape index (κ1) is 12.7. The number of nitrogens with zero attached hydrogens (tertiary/aromatic N) is 3. The molecule has 1 saturated heterocycles. The maximum Gasteiger partial charge on any atom is 0.223 e. The lowest BCUT2D eigenvalue weighted by Gasteiger charge is -2.39. The van der Waals surface area contributed by atoms with E-state index in [1.54, 1.807) is 11.3 Å². The highest BCUT2D eigenvalue weighted by atomic mass is 32.1. The summed E-state index contributed by atoms with van der Waals surface area (Å²) in [4.78, 5) is 12.1. The molecular weight excluding hydrogens is 256 g/mol. The Morgan fingerprint density at radius 3 is 2.79 bits per heavy atom. The molecule has 1 aliphatic heterocycles. The number of piperidine rings is 1. The van der Waals surface area contributed by atoms with Gasteiger partial charge in [-0.05, 0) is 29.7 Å². The third-order valence-electron chi connectivity index (χ3n) is 4.45. The molecule has 0 aliphatic carbocycles. The first-order valence-electron chi connectivity index (χ1n) is 6.87. The van der Waals surface area contributed by atoms with Crippen molar-refractivity contribution in [1.29, 1.82) is 0 Å². The molecule has 4 nitrogen and oxygen atoms in total. The number of fused-ring (bicyclic) bond motifs is 1. The summed E-state index contributed by atoms with van der Waals surface area (Å²) in [5.74, 6) is 1.40. The molecule has 2 aromatic heterocycles. The highest BCUT2D eigenvalue weighted by Crippen LogP contribution is 2.37. The van der Waals surface area contributed by atoms with Crippen molar-refractivity contribution in [2.75, 3.05) is 23.7 Å². The zero-order valence-electron chi connectivity index (χ0n) is 11.5. The van der Waals surface area contributed by atoms with Gasteiger partial charge >= 0.3 is 0 Å². The average Bonchev–Trinajstić information content (AvgIpc) is 2.87. The Kier molecular flexibility index (Phi) is 3.09. The third kappa shape index (κ3) is 2.27. The predicted octanol–water partition coefficient (Wildman–Crippen LogP) is 3.29. The molecule has 0 amide bonds. The van der Waals surface area contributed by atoms with E-state index >= 15 is 0 Å². The van der Waals surface area contributed by atoms with Crippen LogP contribution < -0.4 is 10.6 Å². The fraction of sp³-hybridized carbons (Fsp3) is 0.571. The van der Waals surface area contributed by atoms with Gasteiger partial charge in [0.2, 0.25) is 5.95 Å². The predicted molar refractivity (Wildman–Crippen MR) is 81.7 cm³/mol. The molecule has 102 valence electrons. The van der Waals surface area contributed by atoms with E-state index in [2.05, 4.69) is 40.2 Å². The Labute approximate surface area is 117 Å². The first-order chi connectivity index (χ1) is 9.11. The smallest absolute Gasteiger partial charge is 0.223 e. The molecule has 5 heteroatoms. The fourth-order valence-electron chi connectivity index (χ4n) is 2.71. The van der Waals surface area contributed by atoms with Crippen LogP contribution in [-0.4, -0.2) is 23.1 Å². The molecule has 0 aromatic carbocycles. The summed E-state index contributed by atoms with van der Waals surface area (Å²) >= 11 is 1.63. The molecule has 0 saturated carbocycles. The SMILES string of the molecule is CCC1(C)CCN(c2nc(N)nc3sccc23)CC1. The van der Waals surface area contributed by atoms with Crippen LogP contribution in [0.1, 0.15) is 33.1 Å². The van der Waals surface area contributed by atoms with Crippen molar-refractivity contribution < 1.29 is 0 Å². The lowest BCUT2D eigenvalue weighted by atomic mass is 9.78. The monoisotopic (exact) mass is 276 g/mol. The third-order valence-corrected chi connectivity index (χ3v) is 5.25. The number of nitrogens with two attached hydrogens (primary N) is 1. The number of nitrogen functional groups attached to an aromatic ring is 1. The van der Waals surface area contributed by atoms with Crippen LogP contribution in [0, 0.1) is 5.41 Å². The van der Waals surface area contributed by atoms with Gasteiger partial charge in [0.1, 0.15) is 10.6 Å². The van der Waals surface area contributed by atoms with E-state index in [-0.39, 0.29) is 0 Å².